The largest absolute Gasteiger partial charge is 0.480 e. The van der Waals surface area contributed by atoms with Crippen molar-refractivity contribution >= 4 is 25.7 Å². The number of rotatable bonds is 41. The number of nitrogens with one attached hydrogen (secondary N) is 1. The van der Waals surface area contributed by atoms with Gasteiger partial charge in [-0.3, -0.25) is 18.6 Å². The van der Waals surface area contributed by atoms with Gasteiger partial charge in [0.25, 0.3) is 0 Å². The molecule has 1 amide bonds. The quantitative estimate of drug-likeness (QED) is 0.0201. The van der Waals surface area contributed by atoms with Gasteiger partial charge >= 0.3 is 19.8 Å². The van der Waals surface area contributed by atoms with Crippen LogP contribution in [-0.4, -0.2) is 64.9 Å². The van der Waals surface area contributed by atoms with Gasteiger partial charge < -0.3 is 25.2 Å². The van der Waals surface area contributed by atoms with E-state index in [1.54, 1.807) is 0 Å². The molecule has 4 N–H and O–H groups in total. The van der Waals surface area contributed by atoms with Crippen LogP contribution in [0, 0.1) is 0 Å². The first-order chi connectivity index (χ1) is 27.6. The van der Waals surface area contributed by atoms with Gasteiger partial charge in [0.15, 0.2) is 6.04 Å². The predicted molar refractivity (Wildman–Crippen MR) is 231 cm³/mol. The molecule has 330 valence electrons. The first-order valence-electron chi connectivity index (χ1n) is 22.2. The molecule has 0 aliphatic carbocycles. The fourth-order valence-electron chi connectivity index (χ4n) is 5.84. The Bertz CT molecular complexity index is 1150. The lowest BCUT2D eigenvalue weighted by atomic mass is 10.1. The van der Waals surface area contributed by atoms with Crippen molar-refractivity contribution in [1.82, 2.24) is 5.32 Å². The Morgan fingerprint density at radius 1 is 0.561 bits per heavy atom. The molecule has 11 nitrogen and oxygen atoms in total. The first kappa shape index (κ1) is 54.4. The van der Waals surface area contributed by atoms with E-state index in [-0.39, 0.29) is 12.8 Å². The Labute approximate surface area is 345 Å². The normalized spacial score (nSPS) is 14.2. The average Bonchev–Trinajstić information content (AvgIpc) is 3.18. The lowest BCUT2D eigenvalue weighted by molar-refractivity contribution is -0.147. The number of aliphatic carboxylic acids is 1. The van der Waals surface area contributed by atoms with E-state index in [4.69, 9.17) is 13.8 Å². The van der Waals surface area contributed by atoms with Gasteiger partial charge in [-0.15, -0.1) is 0 Å². The summed E-state index contributed by atoms with van der Waals surface area (Å²) in [5, 5.41) is 21.8. The zero-order chi connectivity index (χ0) is 42.1. The van der Waals surface area contributed by atoms with Crippen LogP contribution in [0.2, 0.25) is 0 Å². The Balaban J connectivity index is 3.88. The molecule has 0 radical (unpaired) electrons. The summed E-state index contributed by atoms with van der Waals surface area (Å²) >= 11 is 0. The number of carboxylic acids is 1. The van der Waals surface area contributed by atoms with Gasteiger partial charge in [-0.05, 0) is 77.0 Å². The second kappa shape index (κ2) is 40.2. The smallest absolute Gasteiger partial charge is 0.472 e. The average molecular weight is 826 g/mol. The van der Waals surface area contributed by atoms with Crippen LogP contribution in [-0.2, 0) is 32.7 Å². The lowest BCUT2D eigenvalue weighted by Crippen LogP contribution is -2.43. The Hall–Kier alpha value is -2.56. The summed E-state index contributed by atoms with van der Waals surface area (Å²) in [7, 11) is -4.76. The molecule has 0 heterocycles. The Kier molecular flexibility index (Phi) is 38.4. The van der Waals surface area contributed by atoms with Gasteiger partial charge in [0.2, 0.25) is 5.91 Å². The van der Waals surface area contributed by atoms with Crippen molar-refractivity contribution in [3.05, 3.63) is 48.6 Å². The minimum absolute atomic E-state index is 0.134. The van der Waals surface area contributed by atoms with Crippen molar-refractivity contribution in [3.63, 3.8) is 0 Å². The maximum Gasteiger partial charge on any atom is 0.472 e. The number of hydrogen-bond donors (Lipinski definition) is 4. The minimum Gasteiger partial charge on any atom is -0.480 e. The second-order valence-corrected chi connectivity index (χ2v) is 16.3. The van der Waals surface area contributed by atoms with Crippen LogP contribution in [0.15, 0.2) is 48.6 Å². The predicted octanol–water partition coefficient (Wildman–Crippen LogP) is 11.4. The van der Waals surface area contributed by atoms with E-state index in [0.29, 0.717) is 12.8 Å². The standard InChI is InChI=1S/C45H80NO10P/c1-3-5-7-9-11-13-15-17-18-19-20-21-22-23-24-25-27-29-31-33-35-37-44(49)54-38-41(47)39-55-57(52,53)56-40-42(45(50)51)46-43(48)36-34-32-30-28-26-16-14-12-10-8-6-4-2/h11-14,17-18,20-21,41-42,47H,3-10,15-16,19,22-40H2,1-2H3,(H,46,48)(H,50,51)(H,52,53)/b13-11-,14-12-,18-17-,21-20-. The van der Waals surface area contributed by atoms with Gasteiger partial charge in [-0.1, -0.05) is 146 Å². The first-order valence-corrected chi connectivity index (χ1v) is 23.7. The number of ether oxygens (including phenoxy) is 1. The van der Waals surface area contributed by atoms with Crippen molar-refractivity contribution in [2.75, 3.05) is 19.8 Å². The molecule has 0 aliphatic rings. The van der Waals surface area contributed by atoms with Gasteiger partial charge in [0, 0.05) is 12.8 Å². The van der Waals surface area contributed by atoms with E-state index in [1.807, 2.05) is 0 Å². The van der Waals surface area contributed by atoms with E-state index in [2.05, 4.69) is 67.8 Å². The Morgan fingerprint density at radius 3 is 1.46 bits per heavy atom. The van der Waals surface area contributed by atoms with Gasteiger partial charge in [0.05, 0.1) is 13.2 Å². The number of aliphatic hydroxyl groups excluding tert-OH is 1. The van der Waals surface area contributed by atoms with Gasteiger partial charge in [0.1, 0.15) is 12.7 Å². The summed E-state index contributed by atoms with van der Waals surface area (Å²) < 4.78 is 26.8. The van der Waals surface area contributed by atoms with Crippen molar-refractivity contribution in [2.24, 2.45) is 0 Å². The molecule has 0 spiro atoms. The van der Waals surface area contributed by atoms with Crippen LogP contribution in [0.5, 0.6) is 0 Å². The molecular weight excluding hydrogens is 745 g/mol. The molecule has 0 aliphatic heterocycles. The van der Waals surface area contributed by atoms with Crippen molar-refractivity contribution in [2.45, 2.75) is 199 Å². The summed E-state index contributed by atoms with van der Waals surface area (Å²) in [6.07, 6.45) is 44.2. The van der Waals surface area contributed by atoms with E-state index in [1.165, 1.54) is 70.6 Å². The van der Waals surface area contributed by atoms with Crippen LogP contribution in [0.3, 0.4) is 0 Å². The number of esters is 1. The fourth-order valence-corrected chi connectivity index (χ4v) is 6.62. The molecule has 57 heavy (non-hydrogen) atoms. The zero-order valence-electron chi connectivity index (χ0n) is 35.6. The number of hydrogen-bond acceptors (Lipinski definition) is 8. The van der Waals surface area contributed by atoms with Crippen molar-refractivity contribution < 1.29 is 47.8 Å². The molecule has 0 bridgehead atoms. The Morgan fingerprint density at radius 2 is 0.965 bits per heavy atom. The highest BCUT2D eigenvalue weighted by atomic mass is 31.2. The highest BCUT2D eigenvalue weighted by Crippen LogP contribution is 2.43. The van der Waals surface area contributed by atoms with Gasteiger partial charge in [-0.25, -0.2) is 9.36 Å². The van der Waals surface area contributed by atoms with Crippen LogP contribution in [0.25, 0.3) is 0 Å². The number of aliphatic hydroxyl groups is 1. The molecule has 0 aromatic carbocycles. The van der Waals surface area contributed by atoms with E-state index < -0.39 is 57.6 Å². The molecule has 0 aromatic heterocycles. The van der Waals surface area contributed by atoms with Crippen LogP contribution >= 0.6 is 7.82 Å². The molecule has 0 rings (SSSR count). The van der Waals surface area contributed by atoms with Crippen LogP contribution < -0.4 is 5.32 Å². The number of carbonyl (C=O) groups is 3. The molecule has 0 saturated carbocycles. The van der Waals surface area contributed by atoms with Crippen LogP contribution in [0.1, 0.15) is 187 Å². The molecule has 0 saturated heterocycles. The third kappa shape index (κ3) is 40.0. The van der Waals surface area contributed by atoms with Gasteiger partial charge in [-0.2, -0.15) is 0 Å². The van der Waals surface area contributed by atoms with Crippen molar-refractivity contribution in [3.8, 4) is 0 Å². The maximum absolute atomic E-state index is 12.3. The molecule has 3 atom stereocenters. The molecule has 0 fully saturated rings. The summed E-state index contributed by atoms with van der Waals surface area (Å²) in [6, 6.07) is -1.55. The number of carbonyl (C=O) groups excluding carboxylic acids is 2. The summed E-state index contributed by atoms with van der Waals surface area (Å²) in [4.78, 5) is 45.8. The lowest BCUT2D eigenvalue weighted by Gasteiger charge is -2.18. The van der Waals surface area contributed by atoms with E-state index in [9.17, 15) is 34.1 Å². The SMILES string of the molecule is CCCCC/C=C\C/C=C\C/C=C\CCCCCCCCCCC(=O)OCC(O)COP(=O)(O)OCC(NC(=O)CCCCCCC/C=C\CCCCC)C(=O)O. The summed E-state index contributed by atoms with van der Waals surface area (Å²) in [6.45, 7) is 2.52. The number of phosphoric ester groups is 1. The van der Waals surface area contributed by atoms with Crippen molar-refractivity contribution in [1.29, 1.82) is 0 Å². The highest BCUT2D eigenvalue weighted by molar-refractivity contribution is 7.47. The molecule has 3 unspecified atom stereocenters. The number of allylic oxidation sites excluding steroid dienone is 8. The summed E-state index contributed by atoms with van der Waals surface area (Å²) in [5.41, 5.74) is 0. The molecule has 12 heteroatoms. The highest BCUT2D eigenvalue weighted by Gasteiger charge is 2.28. The topological polar surface area (TPSA) is 169 Å². The fraction of sp³-hybridized carbons (Fsp3) is 0.756. The number of unbranched alkanes of at least 4 members (excludes halogenated alkanes) is 19. The monoisotopic (exact) mass is 826 g/mol. The maximum atomic E-state index is 12.3. The number of amides is 1. The van der Waals surface area contributed by atoms with E-state index >= 15 is 0 Å². The van der Waals surface area contributed by atoms with Crippen LogP contribution in [0.4, 0.5) is 0 Å². The number of carboxylic acid groups (broad SMARTS) is 1. The summed E-state index contributed by atoms with van der Waals surface area (Å²) in [5.74, 6) is -2.40. The van der Waals surface area contributed by atoms with E-state index in [0.717, 1.165) is 77.0 Å². The molecular formula is C45H80NO10P. The third-order valence-electron chi connectivity index (χ3n) is 9.34. The zero-order valence-corrected chi connectivity index (χ0v) is 36.5. The minimum atomic E-state index is -4.76. The third-order valence-corrected chi connectivity index (χ3v) is 10.3. The number of phosphoric acid groups is 1. The molecule has 0 aromatic rings. The second-order valence-electron chi connectivity index (χ2n) is 14.9.